The first-order valence-corrected chi connectivity index (χ1v) is 7.80. The largest absolute Gasteiger partial charge is 0.384 e. The van der Waals surface area contributed by atoms with Gasteiger partial charge in [-0.05, 0) is 39.8 Å². The molecule has 0 aliphatic carbocycles. The summed E-state index contributed by atoms with van der Waals surface area (Å²) in [5.74, 6) is 0.0704. The van der Waals surface area contributed by atoms with Crippen molar-refractivity contribution < 1.29 is 9.53 Å². The van der Waals surface area contributed by atoms with Gasteiger partial charge < -0.3 is 15.4 Å². The van der Waals surface area contributed by atoms with Gasteiger partial charge >= 0.3 is 0 Å². The molecule has 0 spiro atoms. The molecule has 2 rings (SSSR count). The Labute approximate surface area is 124 Å². The van der Waals surface area contributed by atoms with Crippen LogP contribution in [0.2, 0.25) is 0 Å². The van der Waals surface area contributed by atoms with Crippen LogP contribution in [0.5, 0.6) is 0 Å². The van der Waals surface area contributed by atoms with E-state index in [4.69, 9.17) is 4.74 Å². The molecule has 1 aromatic heterocycles. The predicted octanol–water partition coefficient (Wildman–Crippen LogP) is 1.51. The molecule has 1 amide bonds. The molecule has 1 saturated heterocycles. The molecule has 1 aromatic rings. The molecule has 1 fully saturated rings. The minimum absolute atomic E-state index is 0.0704. The van der Waals surface area contributed by atoms with Gasteiger partial charge in [-0.25, -0.2) is 4.98 Å². The normalized spacial score (nSPS) is 18.8. The minimum Gasteiger partial charge on any atom is -0.384 e. The monoisotopic (exact) mass is 297 g/mol. The van der Waals surface area contributed by atoms with Crippen molar-refractivity contribution in [1.82, 2.24) is 15.6 Å². The van der Waals surface area contributed by atoms with Crippen LogP contribution in [0.1, 0.15) is 31.7 Å². The number of amides is 1. The molecule has 5 nitrogen and oxygen atoms in total. The topological polar surface area (TPSA) is 63.2 Å². The number of hydrogen-bond acceptors (Lipinski definition) is 5. The number of methoxy groups -OCH3 is 1. The predicted molar refractivity (Wildman–Crippen MR) is 79.7 cm³/mol. The summed E-state index contributed by atoms with van der Waals surface area (Å²) in [5.41, 5.74) is -0.870. The van der Waals surface area contributed by atoms with Crippen molar-refractivity contribution in [3.8, 4) is 0 Å². The van der Waals surface area contributed by atoms with Gasteiger partial charge in [-0.3, -0.25) is 4.79 Å². The highest BCUT2D eigenvalue weighted by Gasteiger charge is 2.42. The van der Waals surface area contributed by atoms with Crippen molar-refractivity contribution >= 4 is 17.2 Å². The van der Waals surface area contributed by atoms with E-state index in [1.54, 1.807) is 24.6 Å². The van der Waals surface area contributed by atoms with Crippen molar-refractivity contribution in [2.45, 2.75) is 32.2 Å². The van der Waals surface area contributed by atoms with Crippen LogP contribution in [0.3, 0.4) is 0 Å². The molecule has 0 aromatic carbocycles. The fourth-order valence-corrected chi connectivity index (χ4v) is 3.34. The second-order valence-corrected chi connectivity index (χ2v) is 6.77. The van der Waals surface area contributed by atoms with E-state index in [1.807, 2.05) is 19.2 Å². The van der Waals surface area contributed by atoms with E-state index in [1.165, 1.54) is 0 Å². The van der Waals surface area contributed by atoms with Gasteiger partial charge in [0, 0.05) is 18.7 Å². The number of nitrogens with zero attached hydrogens (tertiary/aromatic N) is 1. The lowest BCUT2D eigenvalue weighted by Crippen LogP contribution is -2.54. The number of ether oxygens (including phenoxy) is 1. The van der Waals surface area contributed by atoms with Gasteiger partial charge in [0.05, 0.1) is 17.6 Å². The van der Waals surface area contributed by atoms with Gasteiger partial charge in [0.25, 0.3) is 0 Å². The van der Waals surface area contributed by atoms with E-state index >= 15 is 0 Å². The van der Waals surface area contributed by atoms with E-state index < -0.39 is 11.0 Å². The summed E-state index contributed by atoms with van der Waals surface area (Å²) in [6.07, 6.45) is 3.38. The molecule has 1 aliphatic heterocycles. The zero-order chi connectivity index (χ0) is 14.6. The molecule has 2 heterocycles. The van der Waals surface area contributed by atoms with Crippen LogP contribution in [0, 0.1) is 5.41 Å². The van der Waals surface area contributed by atoms with Crippen LogP contribution < -0.4 is 10.6 Å². The van der Waals surface area contributed by atoms with Crippen LogP contribution in [-0.2, 0) is 15.1 Å². The lowest BCUT2D eigenvalue weighted by atomic mass is 9.78. The molecular formula is C14H23N3O2S. The third-order valence-electron chi connectivity index (χ3n) is 3.86. The van der Waals surface area contributed by atoms with Gasteiger partial charge in [0.2, 0.25) is 5.91 Å². The van der Waals surface area contributed by atoms with Crippen LogP contribution >= 0.6 is 11.3 Å². The van der Waals surface area contributed by atoms with Crippen LogP contribution in [0.25, 0.3) is 0 Å². The SMILES string of the molecule is COCC1(C(=O)NC(C)(C)c2nccs2)CCNCC1. The fraction of sp³-hybridized carbons (Fsp3) is 0.714. The zero-order valence-corrected chi connectivity index (χ0v) is 13.2. The molecule has 0 unspecified atom stereocenters. The molecule has 6 heteroatoms. The number of nitrogens with one attached hydrogen (secondary N) is 2. The number of rotatable bonds is 5. The van der Waals surface area contributed by atoms with Crippen molar-refractivity contribution in [3.63, 3.8) is 0 Å². The molecule has 1 aliphatic rings. The highest BCUT2D eigenvalue weighted by atomic mass is 32.1. The van der Waals surface area contributed by atoms with E-state index in [2.05, 4.69) is 15.6 Å². The van der Waals surface area contributed by atoms with E-state index in [-0.39, 0.29) is 5.91 Å². The summed E-state index contributed by atoms with van der Waals surface area (Å²) in [5, 5.41) is 9.31. The lowest BCUT2D eigenvalue weighted by Gasteiger charge is -2.38. The highest BCUT2D eigenvalue weighted by Crippen LogP contribution is 2.32. The Balaban J connectivity index is 2.12. The maximum Gasteiger partial charge on any atom is 0.229 e. The summed E-state index contributed by atoms with van der Waals surface area (Å²) in [4.78, 5) is 17.1. The molecule has 112 valence electrons. The Kier molecular flexibility index (Phi) is 4.78. The average Bonchev–Trinajstić information content (AvgIpc) is 2.94. The third kappa shape index (κ3) is 3.19. The molecule has 0 radical (unpaired) electrons. The standard InChI is InChI=1S/C14H23N3O2S/c1-13(2,12-16-8-9-20-12)17-11(18)14(10-19-3)4-6-15-7-5-14/h8-9,15H,4-7,10H2,1-3H3,(H,17,18). The van der Waals surface area contributed by atoms with Crippen LogP contribution in [0.15, 0.2) is 11.6 Å². The number of piperidine rings is 1. The van der Waals surface area contributed by atoms with E-state index in [0.717, 1.165) is 30.9 Å². The molecule has 0 atom stereocenters. The Morgan fingerprint density at radius 2 is 2.25 bits per heavy atom. The van der Waals surface area contributed by atoms with E-state index in [0.29, 0.717) is 6.61 Å². The number of aromatic nitrogens is 1. The summed E-state index contributed by atoms with van der Waals surface area (Å²) in [6, 6.07) is 0. The van der Waals surface area contributed by atoms with Crippen LogP contribution in [-0.4, -0.2) is 37.7 Å². The zero-order valence-electron chi connectivity index (χ0n) is 12.4. The first kappa shape index (κ1) is 15.4. The smallest absolute Gasteiger partial charge is 0.229 e. The van der Waals surface area contributed by atoms with Gasteiger partial charge in [-0.2, -0.15) is 0 Å². The van der Waals surface area contributed by atoms with Gasteiger partial charge in [-0.15, -0.1) is 11.3 Å². The number of carbonyl (C=O) groups is 1. The molecule has 2 N–H and O–H groups in total. The minimum atomic E-state index is -0.448. The molecule has 0 bridgehead atoms. The molecule has 20 heavy (non-hydrogen) atoms. The van der Waals surface area contributed by atoms with Gasteiger partial charge in [-0.1, -0.05) is 0 Å². The number of hydrogen-bond donors (Lipinski definition) is 2. The molecular weight excluding hydrogens is 274 g/mol. The summed E-state index contributed by atoms with van der Waals surface area (Å²) < 4.78 is 5.31. The first-order valence-electron chi connectivity index (χ1n) is 6.92. The first-order chi connectivity index (χ1) is 9.50. The van der Waals surface area contributed by atoms with Crippen molar-refractivity contribution in [2.75, 3.05) is 26.8 Å². The maximum absolute atomic E-state index is 12.8. The van der Waals surface area contributed by atoms with Crippen LogP contribution in [0.4, 0.5) is 0 Å². The summed E-state index contributed by atoms with van der Waals surface area (Å²) >= 11 is 1.56. The van der Waals surface area contributed by atoms with Gasteiger partial charge in [0.15, 0.2) is 0 Å². The molecule has 0 saturated carbocycles. The third-order valence-corrected chi connectivity index (χ3v) is 4.95. The van der Waals surface area contributed by atoms with Crippen molar-refractivity contribution in [2.24, 2.45) is 5.41 Å². The number of carbonyl (C=O) groups excluding carboxylic acids is 1. The Bertz CT molecular complexity index is 434. The Morgan fingerprint density at radius 1 is 1.55 bits per heavy atom. The van der Waals surface area contributed by atoms with Gasteiger partial charge in [0.1, 0.15) is 5.01 Å². The lowest BCUT2D eigenvalue weighted by molar-refractivity contribution is -0.138. The Morgan fingerprint density at radius 3 is 2.80 bits per heavy atom. The van der Waals surface area contributed by atoms with Crippen molar-refractivity contribution in [3.05, 3.63) is 16.6 Å². The average molecular weight is 297 g/mol. The highest BCUT2D eigenvalue weighted by molar-refractivity contribution is 7.09. The summed E-state index contributed by atoms with van der Waals surface area (Å²) in [6.45, 7) is 6.16. The van der Waals surface area contributed by atoms with Crippen molar-refractivity contribution in [1.29, 1.82) is 0 Å². The summed E-state index contributed by atoms with van der Waals surface area (Å²) in [7, 11) is 1.66. The fourth-order valence-electron chi connectivity index (χ4n) is 2.62. The quantitative estimate of drug-likeness (QED) is 0.865. The Hall–Kier alpha value is -0.980. The maximum atomic E-state index is 12.8. The van der Waals surface area contributed by atoms with E-state index in [9.17, 15) is 4.79 Å². The second kappa shape index (κ2) is 6.20. The second-order valence-electron chi connectivity index (χ2n) is 5.88. The number of thiazole rings is 1.